The zero-order valence-electron chi connectivity index (χ0n) is 12.6. The van der Waals surface area contributed by atoms with Gasteiger partial charge in [0.2, 0.25) is 0 Å². The van der Waals surface area contributed by atoms with Crippen LogP contribution in [0.1, 0.15) is 57.3 Å². The van der Waals surface area contributed by atoms with Crippen LogP contribution in [0.3, 0.4) is 0 Å². The van der Waals surface area contributed by atoms with E-state index in [0.29, 0.717) is 11.7 Å². The van der Waals surface area contributed by atoms with E-state index < -0.39 is 0 Å². The van der Waals surface area contributed by atoms with Crippen molar-refractivity contribution in [2.75, 3.05) is 23.7 Å². The Bertz CT molecular complexity index is 438. The van der Waals surface area contributed by atoms with Crippen LogP contribution in [0, 0.1) is 12.8 Å². The summed E-state index contributed by atoms with van der Waals surface area (Å²) >= 11 is 0. The highest BCUT2D eigenvalue weighted by molar-refractivity contribution is 5.56. The van der Waals surface area contributed by atoms with Crippen molar-refractivity contribution >= 4 is 11.6 Å². The molecule has 0 atom stereocenters. The van der Waals surface area contributed by atoms with Gasteiger partial charge >= 0.3 is 0 Å². The minimum atomic E-state index is 0.309. The summed E-state index contributed by atoms with van der Waals surface area (Å²) in [6.07, 6.45) is 4.09. The number of nitrogens with zero attached hydrogens (tertiary/aromatic N) is 3. The highest BCUT2D eigenvalue weighted by Crippen LogP contribution is 2.30. The van der Waals surface area contributed by atoms with Crippen molar-refractivity contribution in [1.82, 2.24) is 9.97 Å². The molecular formula is C15H26N4. The Balaban J connectivity index is 2.28. The molecule has 0 aromatic carbocycles. The highest BCUT2D eigenvalue weighted by atomic mass is 15.2. The molecule has 0 spiro atoms. The molecule has 0 saturated heterocycles. The summed E-state index contributed by atoms with van der Waals surface area (Å²) in [6, 6.07) is 0. The molecular weight excluding hydrogens is 236 g/mol. The van der Waals surface area contributed by atoms with E-state index in [2.05, 4.69) is 30.7 Å². The van der Waals surface area contributed by atoms with Gasteiger partial charge in [0.1, 0.15) is 17.5 Å². The van der Waals surface area contributed by atoms with Crippen molar-refractivity contribution in [2.45, 2.75) is 52.9 Å². The van der Waals surface area contributed by atoms with Crippen molar-refractivity contribution in [2.24, 2.45) is 5.92 Å². The van der Waals surface area contributed by atoms with Crippen LogP contribution in [0.4, 0.5) is 11.6 Å². The Morgan fingerprint density at radius 1 is 1.32 bits per heavy atom. The molecule has 0 amide bonds. The second-order valence-electron chi connectivity index (χ2n) is 5.91. The molecule has 2 rings (SSSR count). The molecule has 106 valence electrons. The average molecular weight is 262 g/mol. The van der Waals surface area contributed by atoms with Crippen LogP contribution in [0.2, 0.25) is 0 Å². The van der Waals surface area contributed by atoms with Crippen LogP contribution in [0.5, 0.6) is 0 Å². The molecule has 0 radical (unpaired) electrons. The Morgan fingerprint density at radius 2 is 2.00 bits per heavy atom. The van der Waals surface area contributed by atoms with Crippen molar-refractivity contribution in [3.8, 4) is 0 Å². The lowest BCUT2D eigenvalue weighted by Crippen LogP contribution is -2.34. The number of hydrogen-bond acceptors (Lipinski definition) is 4. The van der Waals surface area contributed by atoms with Gasteiger partial charge in [-0.1, -0.05) is 20.3 Å². The summed E-state index contributed by atoms with van der Waals surface area (Å²) in [6.45, 7) is 10.5. The number of aromatic nitrogens is 2. The lowest BCUT2D eigenvalue weighted by atomic mass is 9.85. The van der Waals surface area contributed by atoms with Crippen LogP contribution in [0.25, 0.3) is 0 Å². The lowest BCUT2D eigenvalue weighted by Gasteiger charge is -2.33. The summed E-state index contributed by atoms with van der Waals surface area (Å²) in [7, 11) is 0. The molecule has 0 unspecified atom stereocenters. The smallest absolute Gasteiger partial charge is 0.137 e. The van der Waals surface area contributed by atoms with E-state index >= 15 is 0 Å². The van der Waals surface area contributed by atoms with Crippen molar-refractivity contribution in [3.63, 3.8) is 0 Å². The van der Waals surface area contributed by atoms with Crippen LogP contribution in [-0.4, -0.2) is 23.1 Å². The average Bonchev–Trinajstić information content (AvgIpc) is 2.32. The Morgan fingerprint density at radius 3 is 2.47 bits per heavy atom. The summed E-state index contributed by atoms with van der Waals surface area (Å²) in [5.74, 6) is 3.65. The van der Waals surface area contributed by atoms with E-state index in [1.807, 2.05) is 6.92 Å². The summed E-state index contributed by atoms with van der Waals surface area (Å²) in [5.41, 5.74) is 7.07. The van der Waals surface area contributed by atoms with E-state index in [0.717, 1.165) is 36.2 Å². The fraction of sp³-hybridized carbons (Fsp3) is 0.733. The number of hydrogen-bond donors (Lipinski definition) is 1. The Labute approximate surface area is 116 Å². The molecule has 0 aliphatic heterocycles. The van der Waals surface area contributed by atoms with Gasteiger partial charge in [0, 0.05) is 24.6 Å². The molecule has 1 fully saturated rings. The van der Waals surface area contributed by atoms with E-state index in [4.69, 9.17) is 10.7 Å². The first-order valence-electron chi connectivity index (χ1n) is 7.41. The second-order valence-corrected chi connectivity index (χ2v) is 5.91. The van der Waals surface area contributed by atoms with Crippen LogP contribution < -0.4 is 10.6 Å². The third-order valence-corrected chi connectivity index (χ3v) is 4.08. The van der Waals surface area contributed by atoms with Crippen LogP contribution in [-0.2, 0) is 0 Å². The third kappa shape index (κ3) is 2.99. The molecule has 4 nitrogen and oxygen atoms in total. The van der Waals surface area contributed by atoms with Gasteiger partial charge in [-0.25, -0.2) is 9.97 Å². The van der Waals surface area contributed by atoms with Gasteiger partial charge in [0.15, 0.2) is 0 Å². The molecule has 2 N–H and O–H groups in total. The predicted octanol–water partition coefficient (Wildman–Crippen LogP) is 3.12. The fourth-order valence-corrected chi connectivity index (χ4v) is 2.46. The largest absolute Gasteiger partial charge is 0.383 e. The standard InChI is InChI=1S/C15H26N4/c1-5-19(9-12-7-6-8-12)15-11(4)13(16)17-14(18-15)10(2)3/h10,12H,5-9H2,1-4H3,(H2,16,17,18). The molecule has 1 aromatic heterocycles. The SMILES string of the molecule is CCN(CC1CCC1)c1nc(C(C)C)nc(N)c1C. The van der Waals surface area contributed by atoms with Crippen LogP contribution >= 0.6 is 0 Å². The number of rotatable bonds is 5. The molecule has 4 heteroatoms. The molecule has 19 heavy (non-hydrogen) atoms. The van der Waals surface area contributed by atoms with Gasteiger partial charge in [0.05, 0.1) is 0 Å². The zero-order valence-corrected chi connectivity index (χ0v) is 12.6. The zero-order chi connectivity index (χ0) is 14.0. The van der Waals surface area contributed by atoms with Crippen molar-refractivity contribution in [3.05, 3.63) is 11.4 Å². The van der Waals surface area contributed by atoms with Gasteiger partial charge in [-0.2, -0.15) is 0 Å². The number of nitrogens with two attached hydrogens (primary N) is 1. The van der Waals surface area contributed by atoms with Gasteiger partial charge in [-0.05, 0) is 32.6 Å². The highest BCUT2D eigenvalue weighted by Gasteiger charge is 2.23. The Kier molecular flexibility index (Phi) is 4.27. The normalized spacial score (nSPS) is 15.6. The minimum Gasteiger partial charge on any atom is -0.383 e. The number of nitrogen functional groups attached to an aromatic ring is 1. The van der Waals surface area contributed by atoms with E-state index in [9.17, 15) is 0 Å². The maximum Gasteiger partial charge on any atom is 0.137 e. The van der Waals surface area contributed by atoms with E-state index in [-0.39, 0.29) is 0 Å². The molecule has 1 aliphatic rings. The molecule has 1 saturated carbocycles. The molecule has 1 aromatic rings. The minimum absolute atomic E-state index is 0.309. The monoisotopic (exact) mass is 262 g/mol. The summed E-state index contributed by atoms with van der Waals surface area (Å²) in [4.78, 5) is 11.5. The van der Waals surface area contributed by atoms with E-state index in [1.165, 1.54) is 19.3 Å². The molecule has 1 heterocycles. The first-order chi connectivity index (χ1) is 9.02. The summed E-state index contributed by atoms with van der Waals surface area (Å²) < 4.78 is 0. The van der Waals surface area contributed by atoms with Gasteiger partial charge in [0.25, 0.3) is 0 Å². The maximum atomic E-state index is 6.05. The van der Waals surface area contributed by atoms with Crippen molar-refractivity contribution < 1.29 is 0 Å². The fourth-order valence-electron chi connectivity index (χ4n) is 2.46. The van der Waals surface area contributed by atoms with Gasteiger partial charge in [-0.15, -0.1) is 0 Å². The first-order valence-corrected chi connectivity index (χ1v) is 7.41. The van der Waals surface area contributed by atoms with Crippen molar-refractivity contribution in [1.29, 1.82) is 0 Å². The van der Waals surface area contributed by atoms with E-state index in [1.54, 1.807) is 0 Å². The van der Waals surface area contributed by atoms with Gasteiger partial charge < -0.3 is 10.6 Å². The Hall–Kier alpha value is -1.32. The van der Waals surface area contributed by atoms with Crippen LogP contribution in [0.15, 0.2) is 0 Å². The topological polar surface area (TPSA) is 55.0 Å². The second kappa shape index (κ2) is 5.76. The van der Waals surface area contributed by atoms with Gasteiger partial charge in [-0.3, -0.25) is 0 Å². The predicted molar refractivity (Wildman–Crippen MR) is 80.5 cm³/mol. The third-order valence-electron chi connectivity index (χ3n) is 4.08. The molecule has 1 aliphatic carbocycles. The quantitative estimate of drug-likeness (QED) is 0.886. The molecule has 0 bridgehead atoms. The summed E-state index contributed by atoms with van der Waals surface area (Å²) in [5, 5.41) is 0. The maximum absolute atomic E-state index is 6.05. The number of anilines is 2. The lowest BCUT2D eigenvalue weighted by molar-refractivity contribution is 0.318. The first kappa shape index (κ1) is 14.1.